The Labute approximate surface area is 120 Å². The van der Waals surface area contributed by atoms with Crippen molar-refractivity contribution in [1.29, 1.82) is 0 Å². The Hall–Kier alpha value is -0.840. The molecule has 0 aliphatic carbocycles. The van der Waals surface area contributed by atoms with Gasteiger partial charge in [0.05, 0.1) is 0 Å². The minimum atomic E-state index is 0.695. The van der Waals surface area contributed by atoms with Crippen molar-refractivity contribution in [2.24, 2.45) is 5.73 Å². The van der Waals surface area contributed by atoms with Gasteiger partial charge in [0.1, 0.15) is 5.03 Å². The van der Waals surface area contributed by atoms with Crippen molar-refractivity contribution in [2.75, 3.05) is 6.54 Å². The van der Waals surface area contributed by atoms with Crippen molar-refractivity contribution in [2.45, 2.75) is 23.3 Å². The molecule has 2 nitrogen and oxygen atoms in total. The molecule has 1 aromatic heterocycles. The number of nitrogens with zero attached hydrogens (tertiary/aromatic N) is 1. The molecule has 0 radical (unpaired) electrons. The largest absolute Gasteiger partial charge is 0.330 e. The van der Waals surface area contributed by atoms with Gasteiger partial charge in [0.15, 0.2) is 0 Å². The molecule has 0 aliphatic rings. The lowest BCUT2D eigenvalue weighted by Gasteiger charge is -2.07. The SMILES string of the molecule is Cc1cc(CCN)ccc1Sc1ccc(Br)cn1. The highest BCUT2D eigenvalue weighted by molar-refractivity contribution is 9.10. The average Bonchev–Trinajstić information content (AvgIpc) is 2.36. The van der Waals surface area contributed by atoms with Gasteiger partial charge >= 0.3 is 0 Å². The number of aromatic nitrogens is 1. The van der Waals surface area contributed by atoms with Crippen molar-refractivity contribution >= 4 is 27.7 Å². The molecular formula is C14H15BrN2S. The fourth-order valence-corrected chi connectivity index (χ4v) is 2.74. The van der Waals surface area contributed by atoms with Gasteiger partial charge in [0, 0.05) is 15.6 Å². The predicted molar refractivity (Wildman–Crippen MR) is 80.0 cm³/mol. The quantitative estimate of drug-likeness (QED) is 0.930. The molecule has 0 atom stereocenters. The standard InChI is InChI=1S/C14H15BrN2S/c1-10-8-11(6-7-16)2-4-13(10)18-14-5-3-12(15)9-17-14/h2-5,8-9H,6-7,16H2,1H3. The first kappa shape index (κ1) is 13.6. The molecule has 0 saturated carbocycles. The fourth-order valence-electron chi connectivity index (χ4n) is 1.68. The van der Waals surface area contributed by atoms with E-state index in [4.69, 9.17) is 5.73 Å². The van der Waals surface area contributed by atoms with Crippen LogP contribution >= 0.6 is 27.7 Å². The highest BCUT2D eigenvalue weighted by atomic mass is 79.9. The number of hydrogen-bond acceptors (Lipinski definition) is 3. The Balaban J connectivity index is 2.16. The van der Waals surface area contributed by atoms with Crippen LogP contribution in [-0.4, -0.2) is 11.5 Å². The Morgan fingerprint density at radius 2 is 2.11 bits per heavy atom. The molecule has 0 fully saturated rings. The second-order valence-electron chi connectivity index (χ2n) is 4.06. The molecule has 0 unspecified atom stereocenters. The Bertz CT molecular complexity index is 526. The summed E-state index contributed by atoms with van der Waals surface area (Å²) < 4.78 is 1.00. The van der Waals surface area contributed by atoms with Crippen molar-refractivity contribution < 1.29 is 0 Å². The van der Waals surface area contributed by atoms with E-state index in [9.17, 15) is 0 Å². The Morgan fingerprint density at radius 1 is 1.28 bits per heavy atom. The fraction of sp³-hybridized carbons (Fsp3) is 0.214. The zero-order valence-electron chi connectivity index (χ0n) is 10.2. The topological polar surface area (TPSA) is 38.9 Å². The maximum absolute atomic E-state index is 5.57. The van der Waals surface area contributed by atoms with Crippen LogP contribution in [0.15, 0.2) is 50.9 Å². The average molecular weight is 323 g/mol. The molecule has 2 rings (SSSR count). The highest BCUT2D eigenvalue weighted by Crippen LogP contribution is 2.29. The van der Waals surface area contributed by atoms with Crippen LogP contribution in [0.1, 0.15) is 11.1 Å². The van der Waals surface area contributed by atoms with Crippen molar-refractivity contribution in [3.05, 3.63) is 52.1 Å². The van der Waals surface area contributed by atoms with E-state index in [1.165, 1.54) is 16.0 Å². The van der Waals surface area contributed by atoms with Gasteiger partial charge in [-0.1, -0.05) is 23.9 Å². The molecule has 0 amide bonds. The molecule has 0 spiro atoms. The van der Waals surface area contributed by atoms with Crippen LogP contribution in [0.4, 0.5) is 0 Å². The lowest BCUT2D eigenvalue weighted by atomic mass is 10.1. The lowest BCUT2D eigenvalue weighted by molar-refractivity contribution is 0.962. The van der Waals surface area contributed by atoms with Gasteiger partial charge in [-0.15, -0.1) is 0 Å². The van der Waals surface area contributed by atoms with E-state index < -0.39 is 0 Å². The molecule has 0 bridgehead atoms. The van der Waals surface area contributed by atoms with Crippen LogP contribution in [-0.2, 0) is 6.42 Å². The van der Waals surface area contributed by atoms with Gasteiger partial charge in [-0.05, 0) is 65.1 Å². The van der Waals surface area contributed by atoms with Gasteiger partial charge in [-0.3, -0.25) is 0 Å². The minimum Gasteiger partial charge on any atom is -0.330 e. The summed E-state index contributed by atoms with van der Waals surface area (Å²) >= 11 is 5.08. The number of halogens is 1. The van der Waals surface area contributed by atoms with Crippen LogP contribution in [0.5, 0.6) is 0 Å². The van der Waals surface area contributed by atoms with Gasteiger partial charge in [-0.25, -0.2) is 4.98 Å². The second kappa shape index (κ2) is 6.36. The Kier molecular flexibility index (Phi) is 4.80. The molecule has 2 aromatic rings. The first-order chi connectivity index (χ1) is 8.69. The number of hydrogen-bond donors (Lipinski definition) is 1. The van der Waals surface area contributed by atoms with E-state index in [1.807, 2.05) is 18.3 Å². The summed E-state index contributed by atoms with van der Waals surface area (Å²) in [5.41, 5.74) is 8.14. The van der Waals surface area contributed by atoms with Crippen molar-refractivity contribution in [3.8, 4) is 0 Å². The molecule has 94 valence electrons. The van der Waals surface area contributed by atoms with Crippen LogP contribution in [0.3, 0.4) is 0 Å². The third-order valence-electron chi connectivity index (χ3n) is 2.59. The summed E-state index contributed by atoms with van der Waals surface area (Å²) in [5, 5.41) is 1.01. The summed E-state index contributed by atoms with van der Waals surface area (Å²) in [5.74, 6) is 0. The van der Waals surface area contributed by atoms with Crippen LogP contribution in [0, 0.1) is 6.92 Å². The normalized spacial score (nSPS) is 10.6. The zero-order valence-corrected chi connectivity index (χ0v) is 12.6. The molecule has 4 heteroatoms. The summed E-state index contributed by atoms with van der Waals surface area (Å²) in [7, 11) is 0. The number of nitrogens with two attached hydrogens (primary N) is 1. The van der Waals surface area contributed by atoms with E-state index in [2.05, 4.69) is 46.0 Å². The summed E-state index contributed by atoms with van der Waals surface area (Å²) in [6.07, 6.45) is 2.75. The molecular weight excluding hydrogens is 308 g/mol. The second-order valence-corrected chi connectivity index (χ2v) is 6.03. The van der Waals surface area contributed by atoms with Gasteiger partial charge < -0.3 is 5.73 Å². The van der Waals surface area contributed by atoms with Gasteiger partial charge in [0.2, 0.25) is 0 Å². The van der Waals surface area contributed by atoms with Crippen molar-refractivity contribution in [1.82, 2.24) is 4.98 Å². The molecule has 0 saturated heterocycles. The third-order valence-corrected chi connectivity index (χ3v) is 4.18. The summed E-state index contributed by atoms with van der Waals surface area (Å²) in [6, 6.07) is 10.5. The van der Waals surface area contributed by atoms with E-state index in [0.717, 1.165) is 15.9 Å². The van der Waals surface area contributed by atoms with E-state index >= 15 is 0 Å². The van der Waals surface area contributed by atoms with Crippen LogP contribution < -0.4 is 5.73 Å². The molecule has 0 aliphatic heterocycles. The Morgan fingerprint density at radius 3 is 2.72 bits per heavy atom. The highest BCUT2D eigenvalue weighted by Gasteiger charge is 2.03. The first-order valence-electron chi connectivity index (χ1n) is 5.78. The number of pyridine rings is 1. The molecule has 2 N–H and O–H groups in total. The molecule has 1 aromatic carbocycles. The smallest absolute Gasteiger partial charge is 0.101 e. The maximum atomic E-state index is 5.57. The van der Waals surface area contributed by atoms with E-state index in [-0.39, 0.29) is 0 Å². The number of aryl methyl sites for hydroxylation is 1. The van der Waals surface area contributed by atoms with Gasteiger partial charge in [0.25, 0.3) is 0 Å². The minimum absolute atomic E-state index is 0.695. The van der Waals surface area contributed by atoms with Crippen molar-refractivity contribution in [3.63, 3.8) is 0 Å². The molecule has 18 heavy (non-hydrogen) atoms. The lowest BCUT2D eigenvalue weighted by Crippen LogP contribution is -2.02. The van der Waals surface area contributed by atoms with Crippen LogP contribution in [0.2, 0.25) is 0 Å². The predicted octanol–water partition coefficient (Wildman–Crippen LogP) is 3.80. The van der Waals surface area contributed by atoms with E-state index in [0.29, 0.717) is 6.54 Å². The first-order valence-corrected chi connectivity index (χ1v) is 7.39. The van der Waals surface area contributed by atoms with Gasteiger partial charge in [-0.2, -0.15) is 0 Å². The summed E-state index contributed by atoms with van der Waals surface area (Å²) in [4.78, 5) is 5.61. The maximum Gasteiger partial charge on any atom is 0.101 e. The zero-order chi connectivity index (χ0) is 13.0. The number of rotatable bonds is 4. The third kappa shape index (κ3) is 3.57. The van der Waals surface area contributed by atoms with E-state index in [1.54, 1.807) is 11.8 Å². The summed E-state index contributed by atoms with van der Waals surface area (Å²) in [6.45, 7) is 2.82. The monoisotopic (exact) mass is 322 g/mol. The number of benzene rings is 1. The molecule has 1 heterocycles. The van der Waals surface area contributed by atoms with Crippen LogP contribution in [0.25, 0.3) is 0 Å².